The highest BCUT2D eigenvalue weighted by Crippen LogP contribution is 1.88. The number of carboxylic acids is 1. The van der Waals surface area contributed by atoms with E-state index in [9.17, 15) is 9.59 Å². The molecule has 31 heavy (non-hydrogen) atoms. The predicted octanol–water partition coefficient (Wildman–Crippen LogP) is -1.35. The molecule has 0 unspecified atom stereocenters. The molecule has 0 aromatic heterocycles. The van der Waals surface area contributed by atoms with Crippen molar-refractivity contribution in [1.82, 2.24) is 5.32 Å². The molecule has 0 aliphatic rings. The Balaban J connectivity index is 3.15. The summed E-state index contributed by atoms with van der Waals surface area (Å²) < 4.78 is 36.8. The normalized spacial score (nSPS) is 12.1. The number of carbonyl (C=O) groups excluding carboxylic acids is 1. The molecule has 0 aromatic rings. The maximum absolute atomic E-state index is 11.5. The number of hydrogen-bond donors (Lipinski definition) is 3. The number of aliphatic carboxylic acids is 1. The molecular formula is C19H38N2O10. The van der Waals surface area contributed by atoms with Crippen molar-refractivity contribution in [2.75, 3.05) is 99.5 Å². The monoisotopic (exact) mass is 454 g/mol. The van der Waals surface area contributed by atoms with Crippen LogP contribution in [-0.2, 0) is 42.7 Å². The molecule has 1 atom stereocenters. The Morgan fingerprint density at radius 1 is 0.710 bits per heavy atom. The maximum Gasteiger partial charge on any atom is 0.305 e. The SMILES string of the molecule is COCCOCCOCCOCCOCCOCCOCCNC(=O)[C@@H](N)CC(=O)O. The number of rotatable bonds is 24. The van der Waals surface area contributed by atoms with Gasteiger partial charge < -0.3 is 49.3 Å². The number of nitrogens with two attached hydrogens (primary N) is 1. The van der Waals surface area contributed by atoms with Gasteiger partial charge in [-0.1, -0.05) is 0 Å². The molecule has 0 fully saturated rings. The van der Waals surface area contributed by atoms with Gasteiger partial charge in [-0.2, -0.15) is 0 Å². The third kappa shape index (κ3) is 23.1. The summed E-state index contributed by atoms with van der Waals surface area (Å²) in [6.07, 6.45) is -0.408. The van der Waals surface area contributed by atoms with Gasteiger partial charge in [0.25, 0.3) is 0 Å². The highest BCUT2D eigenvalue weighted by Gasteiger charge is 2.15. The van der Waals surface area contributed by atoms with Crippen LogP contribution in [0.4, 0.5) is 0 Å². The van der Waals surface area contributed by atoms with E-state index in [2.05, 4.69) is 5.32 Å². The van der Waals surface area contributed by atoms with Crippen LogP contribution in [-0.4, -0.2) is 123 Å². The van der Waals surface area contributed by atoms with Crippen LogP contribution in [0.1, 0.15) is 6.42 Å². The first kappa shape index (κ1) is 29.6. The van der Waals surface area contributed by atoms with E-state index < -0.39 is 24.3 Å². The molecule has 0 spiro atoms. The fourth-order valence-electron chi connectivity index (χ4n) is 2.00. The van der Waals surface area contributed by atoms with Gasteiger partial charge in [0.1, 0.15) is 0 Å². The molecule has 12 heteroatoms. The Morgan fingerprint density at radius 3 is 1.42 bits per heavy atom. The van der Waals surface area contributed by atoms with E-state index in [4.69, 9.17) is 44.0 Å². The van der Waals surface area contributed by atoms with Gasteiger partial charge in [-0.05, 0) is 0 Å². The van der Waals surface area contributed by atoms with Gasteiger partial charge in [-0.25, -0.2) is 0 Å². The third-order valence-electron chi connectivity index (χ3n) is 3.57. The molecule has 0 saturated heterocycles. The lowest BCUT2D eigenvalue weighted by Gasteiger charge is -2.10. The highest BCUT2D eigenvalue weighted by atomic mass is 16.6. The van der Waals surface area contributed by atoms with Gasteiger partial charge >= 0.3 is 5.97 Å². The number of carboxylic acid groups (broad SMARTS) is 1. The van der Waals surface area contributed by atoms with Gasteiger partial charge in [0.15, 0.2) is 0 Å². The van der Waals surface area contributed by atoms with Crippen LogP contribution in [0.3, 0.4) is 0 Å². The second kappa shape index (κ2) is 23.3. The molecule has 0 aromatic carbocycles. The van der Waals surface area contributed by atoms with Gasteiger partial charge in [0.2, 0.25) is 5.91 Å². The summed E-state index contributed by atoms with van der Waals surface area (Å²) in [6.45, 7) is 6.39. The Morgan fingerprint density at radius 2 is 1.06 bits per heavy atom. The topological polar surface area (TPSA) is 157 Å². The van der Waals surface area contributed by atoms with E-state index in [1.807, 2.05) is 0 Å². The Kier molecular flexibility index (Phi) is 22.2. The third-order valence-corrected chi connectivity index (χ3v) is 3.57. The van der Waals surface area contributed by atoms with E-state index in [-0.39, 0.29) is 13.2 Å². The van der Waals surface area contributed by atoms with Crippen molar-refractivity contribution in [3.05, 3.63) is 0 Å². The van der Waals surface area contributed by atoms with Crippen molar-refractivity contribution < 1.29 is 47.9 Å². The zero-order valence-corrected chi connectivity index (χ0v) is 18.4. The van der Waals surface area contributed by atoms with Crippen LogP contribution in [0.2, 0.25) is 0 Å². The molecule has 12 nitrogen and oxygen atoms in total. The highest BCUT2D eigenvalue weighted by molar-refractivity contribution is 5.85. The van der Waals surface area contributed by atoms with Crippen LogP contribution in [0, 0.1) is 0 Å². The Bertz CT molecular complexity index is 428. The number of carbonyl (C=O) groups is 2. The second-order valence-electron chi connectivity index (χ2n) is 6.16. The van der Waals surface area contributed by atoms with E-state index in [1.165, 1.54) is 0 Å². The van der Waals surface area contributed by atoms with Crippen LogP contribution in [0.15, 0.2) is 0 Å². The largest absolute Gasteiger partial charge is 0.481 e. The molecule has 0 aliphatic carbocycles. The molecule has 184 valence electrons. The van der Waals surface area contributed by atoms with E-state index >= 15 is 0 Å². The summed E-state index contributed by atoms with van der Waals surface area (Å²) in [5, 5.41) is 11.1. The number of hydrogen-bond acceptors (Lipinski definition) is 10. The average Bonchev–Trinajstić information content (AvgIpc) is 2.74. The van der Waals surface area contributed by atoms with Gasteiger partial charge in [-0.15, -0.1) is 0 Å². The predicted molar refractivity (Wildman–Crippen MR) is 110 cm³/mol. The van der Waals surface area contributed by atoms with Gasteiger partial charge in [0, 0.05) is 13.7 Å². The van der Waals surface area contributed by atoms with E-state index in [0.29, 0.717) is 79.3 Å². The first-order valence-electron chi connectivity index (χ1n) is 10.3. The van der Waals surface area contributed by atoms with Crippen molar-refractivity contribution in [3.8, 4) is 0 Å². The minimum atomic E-state index is -1.12. The minimum absolute atomic E-state index is 0.252. The first-order chi connectivity index (χ1) is 15.1. The van der Waals surface area contributed by atoms with Gasteiger partial charge in [0.05, 0.1) is 98.4 Å². The summed E-state index contributed by atoms with van der Waals surface area (Å²) in [5.74, 6) is -1.63. The van der Waals surface area contributed by atoms with E-state index in [1.54, 1.807) is 7.11 Å². The number of amides is 1. The van der Waals surface area contributed by atoms with Crippen molar-refractivity contribution in [1.29, 1.82) is 0 Å². The van der Waals surface area contributed by atoms with E-state index in [0.717, 1.165) is 0 Å². The minimum Gasteiger partial charge on any atom is -0.481 e. The summed E-state index contributed by atoms with van der Waals surface area (Å²) in [7, 11) is 1.63. The summed E-state index contributed by atoms with van der Waals surface area (Å²) in [4.78, 5) is 21.9. The molecule has 0 saturated carbocycles. The quantitative estimate of drug-likeness (QED) is 0.148. The smallest absolute Gasteiger partial charge is 0.305 e. The molecule has 0 bridgehead atoms. The van der Waals surface area contributed by atoms with Crippen LogP contribution in [0.5, 0.6) is 0 Å². The van der Waals surface area contributed by atoms with Crippen molar-refractivity contribution in [2.45, 2.75) is 12.5 Å². The fourth-order valence-corrected chi connectivity index (χ4v) is 2.00. The molecule has 0 aliphatic heterocycles. The number of methoxy groups -OCH3 is 1. The maximum atomic E-state index is 11.5. The zero-order valence-electron chi connectivity index (χ0n) is 18.4. The molecule has 4 N–H and O–H groups in total. The second-order valence-corrected chi connectivity index (χ2v) is 6.16. The first-order valence-corrected chi connectivity index (χ1v) is 10.3. The van der Waals surface area contributed by atoms with Crippen molar-refractivity contribution in [3.63, 3.8) is 0 Å². The van der Waals surface area contributed by atoms with Crippen molar-refractivity contribution >= 4 is 11.9 Å². The zero-order chi connectivity index (χ0) is 23.0. The molecule has 0 radical (unpaired) electrons. The Labute approximate surface area is 183 Å². The molecule has 0 rings (SSSR count). The number of nitrogens with one attached hydrogen (secondary N) is 1. The lowest BCUT2D eigenvalue weighted by Crippen LogP contribution is -2.43. The van der Waals surface area contributed by atoms with Crippen LogP contribution >= 0.6 is 0 Å². The molecular weight excluding hydrogens is 416 g/mol. The lowest BCUT2D eigenvalue weighted by atomic mass is 10.2. The molecule has 0 heterocycles. The van der Waals surface area contributed by atoms with Crippen molar-refractivity contribution in [2.24, 2.45) is 5.73 Å². The lowest BCUT2D eigenvalue weighted by molar-refractivity contribution is -0.139. The average molecular weight is 455 g/mol. The van der Waals surface area contributed by atoms with Crippen LogP contribution < -0.4 is 11.1 Å². The van der Waals surface area contributed by atoms with Gasteiger partial charge in [-0.3, -0.25) is 9.59 Å². The Hall–Kier alpha value is -1.38. The standard InChI is InChI=1S/C19H38N2O10/c1-25-4-5-27-8-9-29-12-13-31-15-14-30-11-10-28-7-6-26-3-2-21-19(24)17(20)16-18(22)23/h17H,2-16,20H2,1H3,(H,21,24)(H,22,23)/t17-/m0/s1. The number of ether oxygens (including phenoxy) is 7. The van der Waals surface area contributed by atoms with Crippen LogP contribution in [0.25, 0.3) is 0 Å². The fraction of sp³-hybridized carbons (Fsp3) is 0.895. The summed E-state index contributed by atoms with van der Waals surface area (Å²) >= 11 is 0. The summed E-state index contributed by atoms with van der Waals surface area (Å²) in [6, 6.07) is -1.06. The molecule has 1 amide bonds. The summed E-state index contributed by atoms with van der Waals surface area (Å²) in [5.41, 5.74) is 5.42.